The molecule has 1 aromatic carbocycles. The fourth-order valence-electron chi connectivity index (χ4n) is 4.06. The predicted molar refractivity (Wildman–Crippen MR) is 138 cm³/mol. The zero-order valence-electron chi connectivity index (χ0n) is 19.3. The van der Waals surface area contributed by atoms with Crippen LogP contribution in [-0.4, -0.2) is 31.2 Å². The van der Waals surface area contributed by atoms with Crippen molar-refractivity contribution in [3.8, 4) is 0 Å². The summed E-state index contributed by atoms with van der Waals surface area (Å²) in [5, 5.41) is 3.12. The van der Waals surface area contributed by atoms with Gasteiger partial charge < -0.3 is 0 Å². The first-order valence-electron chi connectivity index (χ1n) is 11.7. The predicted octanol–water partition coefficient (Wildman–Crippen LogP) is 7.74. The average molecular weight is 532 g/mol. The van der Waals surface area contributed by atoms with Gasteiger partial charge in [0.2, 0.25) is 0 Å². The van der Waals surface area contributed by atoms with Crippen LogP contribution < -0.4 is 8.21 Å². The van der Waals surface area contributed by atoms with Gasteiger partial charge in [0.05, 0.1) is 0 Å². The Labute approximate surface area is 192 Å². The van der Waals surface area contributed by atoms with E-state index < -0.39 is 18.4 Å². The van der Waals surface area contributed by atoms with Crippen LogP contribution in [0.5, 0.6) is 0 Å². The molecule has 0 radical (unpaired) electrons. The first-order chi connectivity index (χ1) is 14.6. The number of ketones is 1. The molecule has 0 saturated carbocycles. The molecule has 0 fully saturated rings. The van der Waals surface area contributed by atoms with Gasteiger partial charge >= 0.3 is 193 Å². The summed E-state index contributed by atoms with van der Waals surface area (Å²) in [6.07, 6.45) is 11.6. The van der Waals surface area contributed by atoms with Gasteiger partial charge in [0.25, 0.3) is 0 Å². The minimum absolute atomic E-state index is 0.144. The number of benzene rings is 1. The number of allylic oxidation sites excluding steroid dienone is 1. The SMILES string of the molecule is CCC[CH2][Sn]([CH2]CCC)([CH2]CCC)[c]1ccc(C(=O)/C=C/c2ccc(NC)cc2)s1. The molecule has 0 amide bonds. The Kier molecular flexibility index (Phi) is 11.2. The van der Waals surface area contributed by atoms with Crippen molar-refractivity contribution in [2.75, 3.05) is 12.4 Å². The van der Waals surface area contributed by atoms with E-state index in [0.29, 0.717) is 0 Å². The maximum absolute atomic E-state index is 12.9. The second-order valence-corrected chi connectivity index (χ2v) is 23.6. The molecule has 0 aliphatic carbocycles. The molecule has 4 heteroatoms. The van der Waals surface area contributed by atoms with Crippen LogP contribution in [0.3, 0.4) is 0 Å². The Balaban J connectivity index is 2.21. The number of anilines is 1. The van der Waals surface area contributed by atoms with Crippen molar-refractivity contribution in [1.82, 2.24) is 0 Å². The molecule has 0 aliphatic rings. The summed E-state index contributed by atoms with van der Waals surface area (Å²) >= 11 is -0.605. The van der Waals surface area contributed by atoms with E-state index in [1.54, 1.807) is 8.97 Å². The summed E-state index contributed by atoms with van der Waals surface area (Å²) in [6.45, 7) is 6.94. The normalized spacial score (nSPS) is 11.9. The summed E-state index contributed by atoms with van der Waals surface area (Å²) in [6, 6.07) is 12.6. The molecule has 2 nitrogen and oxygen atoms in total. The molecule has 1 N–H and O–H groups in total. The monoisotopic (exact) mass is 533 g/mol. The van der Waals surface area contributed by atoms with E-state index in [9.17, 15) is 4.79 Å². The maximum atomic E-state index is 12.9. The van der Waals surface area contributed by atoms with Gasteiger partial charge in [-0.2, -0.15) is 0 Å². The van der Waals surface area contributed by atoms with Crippen LogP contribution in [0.1, 0.15) is 74.5 Å². The fraction of sp³-hybridized carbons (Fsp3) is 0.500. The van der Waals surface area contributed by atoms with Crippen molar-refractivity contribution >= 4 is 50.2 Å². The second kappa shape index (κ2) is 13.4. The number of carbonyl (C=O) groups excluding carboxylic acids is 1. The summed E-state index contributed by atoms with van der Waals surface area (Å²) in [5.74, 6) is 0.144. The van der Waals surface area contributed by atoms with Gasteiger partial charge in [-0.3, -0.25) is 0 Å². The Morgan fingerprint density at radius 1 is 0.900 bits per heavy atom. The molecule has 30 heavy (non-hydrogen) atoms. The third-order valence-corrected chi connectivity index (χ3v) is 25.4. The molecule has 2 rings (SSSR count). The van der Waals surface area contributed by atoms with Crippen molar-refractivity contribution in [3.05, 3.63) is 52.9 Å². The van der Waals surface area contributed by atoms with E-state index in [0.717, 1.165) is 16.1 Å². The first-order valence-corrected chi connectivity index (χ1v) is 20.0. The summed E-state index contributed by atoms with van der Waals surface area (Å²) in [7, 11) is 1.91. The van der Waals surface area contributed by atoms with Crippen LogP contribution in [0, 0.1) is 0 Å². The number of nitrogens with one attached hydrogen (secondary N) is 1. The van der Waals surface area contributed by atoms with Gasteiger partial charge in [0.1, 0.15) is 0 Å². The van der Waals surface area contributed by atoms with Crippen molar-refractivity contribution in [1.29, 1.82) is 0 Å². The molecule has 0 atom stereocenters. The van der Waals surface area contributed by atoms with Crippen LogP contribution in [0.15, 0.2) is 42.5 Å². The molecule has 2 aromatic rings. The van der Waals surface area contributed by atoms with Crippen molar-refractivity contribution < 1.29 is 4.79 Å². The van der Waals surface area contributed by atoms with E-state index in [2.05, 4.69) is 38.2 Å². The van der Waals surface area contributed by atoms with E-state index in [4.69, 9.17) is 0 Å². The third-order valence-electron chi connectivity index (χ3n) is 6.02. The van der Waals surface area contributed by atoms with Crippen LogP contribution >= 0.6 is 11.3 Å². The van der Waals surface area contributed by atoms with Crippen LogP contribution in [0.2, 0.25) is 13.3 Å². The number of hydrogen-bond donors (Lipinski definition) is 1. The molecular formula is C26H39NOSSn. The van der Waals surface area contributed by atoms with Crippen LogP contribution in [0.25, 0.3) is 6.08 Å². The molecule has 0 spiro atoms. The van der Waals surface area contributed by atoms with E-state index in [-0.39, 0.29) is 5.78 Å². The van der Waals surface area contributed by atoms with Crippen LogP contribution in [-0.2, 0) is 0 Å². The first kappa shape index (κ1) is 25.2. The van der Waals surface area contributed by atoms with Crippen molar-refractivity contribution in [2.24, 2.45) is 0 Å². The summed E-state index contributed by atoms with van der Waals surface area (Å²) in [5.41, 5.74) is 2.14. The molecule has 0 bridgehead atoms. The average Bonchev–Trinajstić information content (AvgIpc) is 3.28. The van der Waals surface area contributed by atoms with Crippen molar-refractivity contribution in [2.45, 2.75) is 72.6 Å². The molecular weight excluding hydrogens is 493 g/mol. The number of unbranched alkanes of at least 4 members (excludes halogenated alkanes) is 3. The molecule has 0 aliphatic heterocycles. The third kappa shape index (κ3) is 7.26. The zero-order valence-corrected chi connectivity index (χ0v) is 23.0. The van der Waals surface area contributed by atoms with E-state index >= 15 is 0 Å². The summed E-state index contributed by atoms with van der Waals surface area (Å²) in [4.78, 5) is 13.8. The van der Waals surface area contributed by atoms with Gasteiger partial charge in [-0.15, -0.1) is 0 Å². The summed E-state index contributed by atoms with van der Waals surface area (Å²) < 4.78 is 5.99. The van der Waals surface area contributed by atoms with Gasteiger partial charge in [0, 0.05) is 0 Å². The molecule has 0 saturated heterocycles. The van der Waals surface area contributed by atoms with E-state index in [1.165, 1.54) is 51.8 Å². The van der Waals surface area contributed by atoms with Gasteiger partial charge in [-0.25, -0.2) is 0 Å². The molecule has 1 aromatic heterocycles. The zero-order chi connectivity index (χ0) is 21.8. The van der Waals surface area contributed by atoms with Crippen molar-refractivity contribution in [3.63, 3.8) is 0 Å². The Hall–Kier alpha value is -1.07. The fourth-order valence-corrected chi connectivity index (χ4v) is 24.1. The van der Waals surface area contributed by atoms with Crippen LogP contribution in [0.4, 0.5) is 5.69 Å². The number of rotatable bonds is 14. The Morgan fingerprint density at radius 3 is 1.97 bits per heavy atom. The Bertz CT molecular complexity index is 772. The molecule has 1 heterocycles. The number of carbonyl (C=O) groups is 1. The topological polar surface area (TPSA) is 29.1 Å². The number of hydrogen-bond acceptors (Lipinski definition) is 3. The van der Waals surface area contributed by atoms with Gasteiger partial charge in [-0.1, -0.05) is 0 Å². The second-order valence-electron chi connectivity index (χ2n) is 8.32. The van der Waals surface area contributed by atoms with Gasteiger partial charge in [-0.05, 0) is 0 Å². The Morgan fingerprint density at radius 2 is 1.47 bits per heavy atom. The molecule has 164 valence electrons. The van der Waals surface area contributed by atoms with Gasteiger partial charge in [0.15, 0.2) is 0 Å². The molecule has 0 unspecified atom stereocenters. The number of thiophene rings is 1. The standard InChI is InChI=1S/C14H12NOS.3C4H9.Sn/c1-15-12-7-4-11(5-8-12)6-9-13(16)14-3-2-10-17-14;3*1-3-4-2;/h2-9,15H,1H3;3*1,3-4H2,2H3;/b9-6+;;;;. The van der Waals surface area contributed by atoms with E-state index in [1.807, 2.05) is 48.7 Å². The minimum atomic E-state index is -2.43. The quantitative estimate of drug-likeness (QED) is 0.153.